The van der Waals surface area contributed by atoms with E-state index in [4.69, 9.17) is 5.26 Å². The van der Waals surface area contributed by atoms with E-state index in [0.717, 1.165) is 6.42 Å². The number of hydrogen-bond acceptors (Lipinski definition) is 4. The summed E-state index contributed by atoms with van der Waals surface area (Å²) in [6.07, 6.45) is 1.64. The lowest BCUT2D eigenvalue weighted by Crippen LogP contribution is -2.28. The number of carbonyl (C=O) groups excluding carboxylic acids is 1. The van der Waals surface area contributed by atoms with Gasteiger partial charge in [-0.3, -0.25) is 4.79 Å². The number of nitrogens with zero attached hydrogens (tertiary/aromatic N) is 1. The monoisotopic (exact) mass is 292 g/mol. The molecule has 0 bridgehead atoms. The van der Waals surface area contributed by atoms with Crippen LogP contribution in [0.15, 0.2) is 24.3 Å². The van der Waals surface area contributed by atoms with Crippen molar-refractivity contribution in [2.45, 2.75) is 19.3 Å². The van der Waals surface area contributed by atoms with Crippen molar-refractivity contribution in [3.05, 3.63) is 29.8 Å². The van der Waals surface area contributed by atoms with Gasteiger partial charge in [0.15, 0.2) is 9.84 Å². The highest BCUT2D eigenvalue weighted by atomic mass is 32.2. The summed E-state index contributed by atoms with van der Waals surface area (Å²) in [5.74, 6) is 0.0677. The van der Waals surface area contributed by atoms with E-state index in [0.29, 0.717) is 17.7 Å². The summed E-state index contributed by atoms with van der Waals surface area (Å²) in [5.41, 5.74) is 1.15. The topological polar surface area (TPSA) is 87.0 Å². The maximum atomic E-state index is 11.9. The second kappa shape index (κ2) is 6.06. The van der Waals surface area contributed by atoms with Gasteiger partial charge < -0.3 is 5.32 Å². The van der Waals surface area contributed by atoms with Crippen molar-refractivity contribution in [2.24, 2.45) is 5.92 Å². The highest BCUT2D eigenvalue weighted by molar-refractivity contribution is 7.91. The second-order valence-electron chi connectivity index (χ2n) is 5.06. The predicted molar refractivity (Wildman–Crippen MR) is 75.8 cm³/mol. The van der Waals surface area contributed by atoms with Crippen LogP contribution in [0.2, 0.25) is 0 Å². The van der Waals surface area contributed by atoms with Gasteiger partial charge >= 0.3 is 0 Å². The van der Waals surface area contributed by atoms with Gasteiger partial charge in [-0.25, -0.2) is 8.42 Å². The molecular formula is C14H16N2O3S. The zero-order valence-electron chi connectivity index (χ0n) is 11.0. The first kappa shape index (κ1) is 14.5. The van der Waals surface area contributed by atoms with Crippen LogP contribution in [-0.4, -0.2) is 25.8 Å². The fourth-order valence-corrected chi connectivity index (χ4v) is 4.16. The number of anilines is 1. The SMILES string of the molecule is N#Cc1ccc(NC(=O)CC2CCCS(=O)(=O)C2)cc1. The zero-order chi connectivity index (χ0) is 14.6. The third-order valence-corrected chi connectivity index (χ3v) is 5.22. The van der Waals surface area contributed by atoms with Gasteiger partial charge in [-0.05, 0) is 43.0 Å². The first-order chi connectivity index (χ1) is 9.48. The van der Waals surface area contributed by atoms with E-state index in [1.165, 1.54) is 0 Å². The van der Waals surface area contributed by atoms with Crippen molar-refractivity contribution in [2.75, 3.05) is 16.8 Å². The molecule has 0 saturated carbocycles. The van der Waals surface area contributed by atoms with Crippen molar-refractivity contribution >= 4 is 21.4 Å². The number of hydrogen-bond donors (Lipinski definition) is 1. The summed E-state index contributed by atoms with van der Waals surface area (Å²) < 4.78 is 23.0. The largest absolute Gasteiger partial charge is 0.326 e. The Hall–Kier alpha value is -1.87. The molecule has 0 spiro atoms. The molecule has 1 heterocycles. The van der Waals surface area contributed by atoms with E-state index in [-0.39, 0.29) is 29.8 Å². The average molecular weight is 292 g/mol. The Morgan fingerprint density at radius 2 is 2.05 bits per heavy atom. The maximum absolute atomic E-state index is 11.9. The van der Waals surface area contributed by atoms with Gasteiger partial charge in [0, 0.05) is 12.1 Å². The van der Waals surface area contributed by atoms with Gasteiger partial charge in [0.1, 0.15) is 0 Å². The molecule has 2 rings (SSSR count). The summed E-state index contributed by atoms with van der Waals surface area (Å²) in [5, 5.41) is 11.4. The van der Waals surface area contributed by atoms with Crippen LogP contribution in [0.25, 0.3) is 0 Å². The highest BCUT2D eigenvalue weighted by Crippen LogP contribution is 2.22. The van der Waals surface area contributed by atoms with Crippen molar-refractivity contribution in [1.29, 1.82) is 5.26 Å². The molecule has 6 heteroatoms. The minimum absolute atomic E-state index is 0.0906. The van der Waals surface area contributed by atoms with Crippen LogP contribution in [0.3, 0.4) is 0 Å². The van der Waals surface area contributed by atoms with Crippen LogP contribution >= 0.6 is 0 Å². The lowest BCUT2D eigenvalue weighted by atomic mass is 10.0. The van der Waals surface area contributed by atoms with Gasteiger partial charge in [0.2, 0.25) is 5.91 Å². The van der Waals surface area contributed by atoms with Crippen LogP contribution in [0.4, 0.5) is 5.69 Å². The molecule has 1 aliphatic rings. The Labute approximate surface area is 118 Å². The van der Waals surface area contributed by atoms with Gasteiger partial charge in [0.25, 0.3) is 0 Å². The number of benzene rings is 1. The Bertz CT molecular complexity index is 629. The summed E-state index contributed by atoms with van der Waals surface area (Å²) in [6.45, 7) is 0. The molecule has 106 valence electrons. The third-order valence-electron chi connectivity index (χ3n) is 3.33. The number of carbonyl (C=O) groups is 1. The van der Waals surface area contributed by atoms with Gasteiger partial charge in [-0.1, -0.05) is 0 Å². The Balaban J connectivity index is 1.90. The molecular weight excluding hydrogens is 276 g/mol. The Morgan fingerprint density at radius 1 is 1.35 bits per heavy atom. The fraction of sp³-hybridized carbons (Fsp3) is 0.429. The van der Waals surface area contributed by atoms with Gasteiger partial charge in [-0.2, -0.15) is 5.26 Å². The first-order valence-electron chi connectivity index (χ1n) is 6.49. The fourth-order valence-electron chi connectivity index (χ4n) is 2.38. The van der Waals surface area contributed by atoms with Crippen LogP contribution in [0.1, 0.15) is 24.8 Å². The summed E-state index contributed by atoms with van der Waals surface area (Å²) in [7, 11) is -2.98. The molecule has 1 saturated heterocycles. The van der Waals surface area contributed by atoms with Crippen LogP contribution < -0.4 is 5.32 Å². The predicted octanol–water partition coefficient (Wildman–Crippen LogP) is 1.71. The molecule has 1 aliphatic heterocycles. The molecule has 1 unspecified atom stereocenters. The number of rotatable bonds is 3. The minimum atomic E-state index is -2.98. The van der Waals surface area contributed by atoms with Crippen molar-refractivity contribution in [1.82, 2.24) is 0 Å². The molecule has 1 aromatic carbocycles. The Morgan fingerprint density at radius 3 is 2.65 bits per heavy atom. The van der Waals surface area contributed by atoms with E-state index >= 15 is 0 Å². The van der Waals surface area contributed by atoms with Crippen molar-refractivity contribution in [3.63, 3.8) is 0 Å². The van der Waals surface area contributed by atoms with Gasteiger partial charge in [0.05, 0.1) is 23.1 Å². The van der Waals surface area contributed by atoms with E-state index in [1.54, 1.807) is 24.3 Å². The number of nitrogens with one attached hydrogen (secondary N) is 1. The standard InChI is InChI=1S/C14H16N2O3S/c15-9-11-3-5-13(6-4-11)16-14(17)8-12-2-1-7-20(18,19)10-12/h3-6,12H,1-2,7-8,10H2,(H,16,17). The van der Waals surface area contributed by atoms with E-state index in [9.17, 15) is 13.2 Å². The molecule has 5 nitrogen and oxygen atoms in total. The molecule has 0 aliphatic carbocycles. The minimum Gasteiger partial charge on any atom is -0.326 e. The molecule has 0 radical (unpaired) electrons. The number of nitriles is 1. The van der Waals surface area contributed by atoms with Crippen LogP contribution in [0, 0.1) is 17.2 Å². The van der Waals surface area contributed by atoms with Gasteiger partial charge in [-0.15, -0.1) is 0 Å². The molecule has 20 heavy (non-hydrogen) atoms. The summed E-state index contributed by atoms with van der Waals surface area (Å²) >= 11 is 0. The number of amides is 1. The Kier molecular flexibility index (Phi) is 4.40. The summed E-state index contributed by atoms with van der Waals surface area (Å²) in [6, 6.07) is 8.58. The summed E-state index contributed by atoms with van der Waals surface area (Å²) in [4.78, 5) is 11.9. The average Bonchev–Trinajstić information content (AvgIpc) is 2.38. The maximum Gasteiger partial charge on any atom is 0.224 e. The molecule has 1 atom stereocenters. The van der Waals surface area contributed by atoms with Crippen molar-refractivity contribution < 1.29 is 13.2 Å². The smallest absolute Gasteiger partial charge is 0.224 e. The van der Waals surface area contributed by atoms with E-state index in [2.05, 4.69) is 5.32 Å². The second-order valence-corrected chi connectivity index (χ2v) is 7.29. The molecule has 0 aromatic heterocycles. The lowest BCUT2D eigenvalue weighted by molar-refractivity contribution is -0.117. The first-order valence-corrected chi connectivity index (χ1v) is 8.31. The molecule has 1 aromatic rings. The number of sulfone groups is 1. The quantitative estimate of drug-likeness (QED) is 0.918. The molecule has 1 fully saturated rings. The lowest BCUT2D eigenvalue weighted by Gasteiger charge is -2.21. The highest BCUT2D eigenvalue weighted by Gasteiger charge is 2.26. The van der Waals surface area contributed by atoms with E-state index in [1.807, 2.05) is 6.07 Å². The third kappa shape index (κ3) is 4.07. The van der Waals surface area contributed by atoms with Crippen LogP contribution in [-0.2, 0) is 14.6 Å². The molecule has 1 amide bonds. The zero-order valence-corrected chi connectivity index (χ0v) is 11.8. The van der Waals surface area contributed by atoms with Crippen LogP contribution in [0.5, 0.6) is 0 Å². The van der Waals surface area contributed by atoms with Crippen molar-refractivity contribution in [3.8, 4) is 6.07 Å². The molecule has 1 N–H and O–H groups in total. The normalized spacial score (nSPS) is 20.9. The van der Waals surface area contributed by atoms with E-state index < -0.39 is 9.84 Å².